The maximum Gasteiger partial charge on any atom is 0.243 e. The molecular weight excluding hydrogens is 326 g/mol. The van der Waals surface area contributed by atoms with E-state index >= 15 is 0 Å². The van der Waals surface area contributed by atoms with Gasteiger partial charge in [-0.1, -0.05) is 0 Å². The molecule has 1 aromatic carbocycles. The van der Waals surface area contributed by atoms with Gasteiger partial charge in [-0.05, 0) is 49.4 Å². The second-order valence-corrected chi connectivity index (χ2v) is 9.00. The third-order valence-corrected chi connectivity index (χ3v) is 7.39. The SMILES string of the molecule is CC(C1CC1)N1CCN(S(=O)(=O)c2ccc3c(c2)CC(=O)N3)CC1. The lowest BCUT2D eigenvalue weighted by Crippen LogP contribution is -2.51. The van der Waals surface area contributed by atoms with Gasteiger partial charge in [-0.3, -0.25) is 9.69 Å². The molecule has 1 aliphatic carbocycles. The topological polar surface area (TPSA) is 69.7 Å². The molecule has 1 amide bonds. The molecule has 1 aromatic rings. The molecule has 0 spiro atoms. The number of piperazine rings is 1. The van der Waals surface area contributed by atoms with Crippen LogP contribution in [-0.4, -0.2) is 55.8 Å². The van der Waals surface area contributed by atoms with Crippen molar-refractivity contribution in [2.75, 3.05) is 31.5 Å². The van der Waals surface area contributed by atoms with Gasteiger partial charge >= 0.3 is 0 Å². The van der Waals surface area contributed by atoms with Gasteiger partial charge in [0.05, 0.1) is 11.3 Å². The van der Waals surface area contributed by atoms with Crippen molar-refractivity contribution in [1.29, 1.82) is 0 Å². The molecule has 0 radical (unpaired) electrons. The summed E-state index contributed by atoms with van der Waals surface area (Å²) in [5, 5.41) is 2.74. The maximum absolute atomic E-state index is 12.9. The number of sulfonamides is 1. The largest absolute Gasteiger partial charge is 0.326 e. The first-order valence-electron chi connectivity index (χ1n) is 8.62. The summed E-state index contributed by atoms with van der Waals surface area (Å²) in [6, 6.07) is 5.49. The highest BCUT2D eigenvalue weighted by Gasteiger charge is 2.36. The standard InChI is InChI=1S/C17H23N3O3S/c1-12(13-2-3-13)19-6-8-20(9-7-19)24(22,23)15-4-5-16-14(10-15)11-17(21)18-16/h4-5,10,12-13H,2-3,6-9,11H2,1H3,(H,18,21). The Morgan fingerprint density at radius 3 is 2.54 bits per heavy atom. The Morgan fingerprint density at radius 1 is 1.17 bits per heavy atom. The number of hydrogen-bond acceptors (Lipinski definition) is 4. The first-order valence-corrected chi connectivity index (χ1v) is 10.1. The molecular formula is C17H23N3O3S. The number of carbonyl (C=O) groups is 1. The van der Waals surface area contributed by atoms with Gasteiger partial charge in [0.25, 0.3) is 0 Å². The number of benzene rings is 1. The molecule has 4 rings (SSSR count). The minimum absolute atomic E-state index is 0.0813. The second kappa shape index (κ2) is 5.82. The molecule has 2 heterocycles. The Kier molecular flexibility index (Phi) is 3.89. The van der Waals surface area contributed by atoms with E-state index in [2.05, 4.69) is 17.1 Å². The van der Waals surface area contributed by atoms with Crippen molar-refractivity contribution in [2.24, 2.45) is 5.92 Å². The molecule has 1 atom stereocenters. The molecule has 7 heteroatoms. The summed E-state index contributed by atoms with van der Waals surface area (Å²) in [6.45, 7) is 4.91. The summed E-state index contributed by atoms with van der Waals surface area (Å²) in [7, 11) is -3.49. The fourth-order valence-corrected chi connectivity index (χ4v) is 5.22. The van der Waals surface area contributed by atoms with Crippen molar-refractivity contribution < 1.29 is 13.2 Å². The van der Waals surface area contributed by atoms with Gasteiger partial charge in [-0.15, -0.1) is 0 Å². The third-order valence-electron chi connectivity index (χ3n) is 5.49. The van der Waals surface area contributed by atoms with E-state index in [4.69, 9.17) is 0 Å². The normalized spacial score (nSPS) is 23.8. The van der Waals surface area contributed by atoms with Gasteiger partial charge in [0, 0.05) is 37.9 Å². The Hall–Kier alpha value is -1.44. The van der Waals surface area contributed by atoms with Crippen molar-refractivity contribution in [3.63, 3.8) is 0 Å². The molecule has 1 saturated heterocycles. The van der Waals surface area contributed by atoms with Crippen LogP contribution in [0.1, 0.15) is 25.3 Å². The highest BCUT2D eigenvalue weighted by atomic mass is 32.2. The zero-order valence-electron chi connectivity index (χ0n) is 13.9. The molecule has 6 nitrogen and oxygen atoms in total. The molecule has 1 N–H and O–H groups in total. The predicted octanol–water partition coefficient (Wildman–Crippen LogP) is 1.29. The van der Waals surface area contributed by atoms with Crippen molar-refractivity contribution in [2.45, 2.75) is 37.1 Å². The van der Waals surface area contributed by atoms with Crippen LogP contribution in [0.5, 0.6) is 0 Å². The molecule has 24 heavy (non-hydrogen) atoms. The van der Waals surface area contributed by atoms with E-state index in [0.29, 0.717) is 24.0 Å². The minimum atomic E-state index is -3.49. The fraction of sp³-hybridized carbons (Fsp3) is 0.588. The highest BCUT2D eigenvalue weighted by molar-refractivity contribution is 7.89. The van der Waals surface area contributed by atoms with Crippen molar-refractivity contribution in [3.8, 4) is 0 Å². The molecule has 0 bridgehead atoms. The average molecular weight is 349 g/mol. The predicted molar refractivity (Wildman–Crippen MR) is 91.3 cm³/mol. The van der Waals surface area contributed by atoms with Crippen molar-refractivity contribution >= 4 is 21.6 Å². The van der Waals surface area contributed by atoms with E-state index in [1.807, 2.05) is 0 Å². The lowest BCUT2D eigenvalue weighted by Gasteiger charge is -2.37. The van der Waals surface area contributed by atoms with Crippen LogP contribution in [0.3, 0.4) is 0 Å². The number of nitrogens with zero attached hydrogens (tertiary/aromatic N) is 2. The van der Waals surface area contributed by atoms with Crippen LogP contribution in [0.15, 0.2) is 23.1 Å². The van der Waals surface area contributed by atoms with E-state index in [1.54, 1.807) is 22.5 Å². The lowest BCUT2D eigenvalue weighted by molar-refractivity contribution is -0.115. The van der Waals surface area contributed by atoms with Gasteiger partial charge in [-0.25, -0.2) is 8.42 Å². The first-order chi connectivity index (χ1) is 11.4. The molecule has 2 fully saturated rings. The monoisotopic (exact) mass is 349 g/mol. The van der Waals surface area contributed by atoms with E-state index in [9.17, 15) is 13.2 Å². The number of amides is 1. The van der Waals surface area contributed by atoms with Crippen LogP contribution in [0, 0.1) is 5.92 Å². The van der Waals surface area contributed by atoms with Gasteiger partial charge < -0.3 is 5.32 Å². The van der Waals surface area contributed by atoms with Crippen LogP contribution < -0.4 is 5.32 Å². The zero-order valence-corrected chi connectivity index (χ0v) is 14.7. The van der Waals surface area contributed by atoms with Crippen LogP contribution in [-0.2, 0) is 21.2 Å². The quantitative estimate of drug-likeness (QED) is 0.889. The zero-order chi connectivity index (χ0) is 16.9. The first kappa shape index (κ1) is 16.1. The Morgan fingerprint density at radius 2 is 1.88 bits per heavy atom. The van der Waals surface area contributed by atoms with Crippen LogP contribution >= 0.6 is 0 Å². The number of nitrogens with one attached hydrogen (secondary N) is 1. The molecule has 1 saturated carbocycles. The van der Waals surface area contributed by atoms with E-state index in [0.717, 1.165) is 30.3 Å². The number of carbonyl (C=O) groups excluding carboxylic acids is 1. The van der Waals surface area contributed by atoms with Crippen LogP contribution in [0.2, 0.25) is 0 Å². The van der Waals surface area contributed by atoms with E-state index in [1.165, 1.54) is 12.8 Å². The highest BCUT2D eigenvalue weighted by Crippen LogP contribution is 2.35. The maximum atomic E-state index is 12.9. The van der Waals surface area contributed by atoms with Gasteiger partial charge in [0.2, 0.25) is 15.9 Å². The Balaban J connectivity index is 1.48. The number of rotatable bonds is 4. The Bertz CT molecular complexity index is 765. The average Bonchev–Trinajstić information content (AvgIpc) is 3.35. The van der Waals surface area contributed by atoms with Gasteiger partial charge in [0.1, 0.15) is 0 Å². The number of fused-ring (bicyclic) bond motifs is 1. The fourth-order valence-electron chi connectivity index (χ4n) is 3.74. The molecule has 0 aromatic heterocycles. The molecule has 2 aliphatic heterocycles. The summed E-state index contributed by atoms with van der Waals surface area (Å²) < 4.78 is 27.4. The molecule has 1 unspecified atom stereocenters. The Labute approximate surface area is 142 Å². The minimum Gasteiger partial charge on any atom is -0.326 e. The molecule has 130 valence electrons. The third kappa shape index (κ3) is 2.85. The van der Waals surface area contributed by atoms with Crippen LogP contribution in [0.4, 0.5) is 5.69 Å². The molecule has 3 aliphatic rings. The smallest absolute Gasteiger partial charge is 0.243 e. The van der Waals surface area contributed by atoms with Gasteiger partial charge in [0.15, 0.2) is 0 Å². The number of hydrogen-bond donors (Lipinski definition) is 1. The van der Waals surface area contributed by atoms with Gasteiger partial charge in [-0.2, -0.15) is 4.31 Å². The van der Waals surface area contributed by atoms with Crippen molar-refractivity contribution in [3.05, 3.63) is 23.8 Å². The lowest BCUT2D eigenvalue weighted by atomic mass is 10.1. The summed E-state index contributed by atoms with van der Waals surface area (Å²) in [4.78, 5) is 14.2. The van der Waals surface area contributed by atoms with E-state index < -0.39 is 10.0 Å². The number of anilines is 1. The summed E-state index contributed by atoms with van der Waals surface area (Å²) in [5.74, 6) is 0.720. The summed E-state index contributed by atoms with van der Waals surface area (Å²) in [6.07, 6.45) is 2.87. The summed E-state index contributed by atoms with van der Waals surface area (Å²) in [5.41, 5.74) is 1.49. The van der Waals surface area contributed by atoms with Crippen molar-refractivity contribution in [1.82, 2.24) is 9.21 Å². The summed E-state index contributed by atoms with van der Waals surface area (Å²) >= 11 is 0. The van der Waals surface area contributed by atoms with Crippen LogP contribution in [0.25, 0.3) is 0 Å². The van der Waals surface area contributed by atoms with E-state index in [-0.39, 0.29) is 12.3 Å². The second-order valence-electron chi connectivity index (χ2n) is 7.06.